The second-order valence-electron chi connectivity index (χ2n) is 6.07. The van der Waals surface area contributed by atoms with Gasteiger partial charge in [0.25, 0.3) is 0 Å². The van der Waals surface area contributed by atoms with E-state index >= 15 is 0 Å². The molecule has 0 aliphatic carbocycles. The molecule has 2 heterocycles. The smallest absolute Gasteiger partial charge is 0.0793 e. The molecule has 4 unspecified atom stereocenters. The van der Waals surface area contributed by atoms with E-state index in [1.54, 1.807) is 0 Å². The van der Waals surface area contributed by atoms with Gasteiger partial charge in [0.2, 0.25) is 0 Å². The minimum Gasteiger partial charge on any atom is -0.390 e. The molecule has 0 aromatic rings. The Morgan fingerprint density at radius 2 is 1.58 bits per heavy atom. The molecule has 4 atom stereocenters. The predicted molar refractivity (Wildman–Crippen MR) is 74.3 cm³/mol. The molecule has 0 spiro atoms. The molecule has 0 aromatic heterocycles. The van der Waals surface area contributed by atoms with Gasteiger partial charge in [-0.05, 0) is 20.8 Å². The maximum Gasteiger partial charge on any atom is 0.0793 e. The van der Waals surface area contributed by atoms with E-state index in [1.165, 1.54) is 0 Å². The van der Waals surface area contributed by atoms with Crippen molar-refractivity contribution in [1.82, 2.24) is 9.80 Å². The Morgan fingerprint density at radius 1 is 1.00 bits per heavy atom. The number of hydrogen-bond acceptors (Lipinski definition) is 5. The Hall–Kier alpha value is -0.200. The lowest BCUT2D eigenvalue weighted by atomic mass is 10.2. The molecule has 1 N–H and O–H groups in total. The standard InChI is InChI=1S/C14H28N2O3/c1-11-6-15(4-5-18-11)9-14(17)10-16-7-12(2)19-13(3)8-16/h11-14,17H,4-10H2,1-3H3. The first-order valence-electron chi connectivity index (χ1n) is 7.42. The second-order valence-corrected chi connectivity index (χ2v) is 6.07. The Morgan fingerprint density at radius 3 is 2.21 bits per heavy atom. The molecular weight excluding hydrogens is 244 g/mol. The molecule has 2 rings (SSSR count). The topological polar surface area (TPSA) is 45.2 Å². The summed E-state index contributed by atoms with van der Waals surface area (Å²) in [5, 5.41) is 10.2. The SMILES string of the molecule is CC1CN(CC(O)CN2CC(C)OC(C)C2)CCO1. The molecule has 19 heavy (non-hydrogen) atoms. The summed E-state index contributed by atoms with van der Waals surface area (Å²) in [4.78, 5) is 4.61. The number of morpholine rings is 2. The van der Waals surface area contributed by atoms with Crippen LogP contribution in [0.15, 0.2) is 0 Å². The lowest BCUT2D eigenvalue weighted by Gasteiger charge is -2.38. The van der Waals surface area contributed by atoms with Gasteiger partial charge in [0.1, 0.15) is 0 Å². The molecule has 0 amide bonds. The number of β-amino-alcohol motifs (C(OH)–C–C–N with tert-alkyl or cyclic N) is 1. The molecule has 2 aliphatic rings. The van der Waals surface area contributed by atoms with E-state index in [-0.39, 0.29) is 24.4 Å². The van der Waals surface area contributed by atoms with Gasteiger partial charge >= 0.3 is 0 Å². The summed E-state index contributed by atoms with van der Waals surface area (Å²) in [7, 11) is 0. The largest absolute Gasteiger partial charge is 0.390 e. The molecule has 112 valence electrons. The van der Waals surface area contributed by atoms with Crippen molar-refractivity contribution in [2.45, 2.75) is 45.2 Å². The summed E-state index contributed by atoms with van der Waals surface area (Å²) in [5.41, 5.74) is 0. The van der Waals surface area contributed by atoms with E-state index in [1.807, 2.05) is 0 Å². The Balaban J connectivity index is 1.72. The highest BCUT2D eigenvalue weighted by Crippen LogP contribution is 2.12. The Kier molecular flexibility index (Phi) is 5.59. The summed E-state index contributed by atoms with van der Waals surface area (Å²) >= 11 is 0. The monoisotopic (exact) mass is 272 g/mol. The molecule has 2 fully saturated rings. The van der Waals surface area contributed by atoms with Crippen molar-refractivity contribution >= 4 is 0 Å². The van der Waals surface area contributed by atoms with Crippen LogP contribution in [0, 0.1) is 0 Å². The van der Waals surface area contributed by atoms with Gasteiger partial charge in [-0.2, -0.15) is 0 Å². The number of rotatable bonds is 4. The maximum atomic E-state index is 10.2. The Bertz CT molecular complexity index is 267. The highest BCUT2D eigenvalue weighted by molar-refractivity contribution is 4.78. The van der Waals surface area contributed by atoms with E-state index in [2.05, 4.69) is 30.6 Å². The third-order valence-electron chi connectivity index (χ3n) is 3.76. The number of ether oxygens (including phenoxy) is 2. The van der Waals surface area contributed by atoms with Gasteiger partial charge in [0, 0.05) is 39.3 Å². The van der Waals surface area contributed by atoms with E-state index in [9.17, 15) is 5.11 Å². The van der Waals surface area contributed by atoms with Crippen LogP contribution in [-0.4, -0.2) is 85.2 Å². The molecular formula is C14H28N2O3. The summed E-state index contributed by atoms with van der Waals surface area (Å²) < 4.78 is 11.2. The zero-order valence-corrected chi connectivity index (χ0v) is 12.4. The molecule has 0 aromatic carbocycles. The molecule has 5 heteroatoms. The zero-order valence-electron chi connectivity index (χ0n) is 12.4. The summed E-state index contributed by atoms with van der Waals surface area (Å²) in [5.74, 6) is 0. The summed E-state index contributed by atoms with van der Waals surface area (Å²) in [6, 6.07) is 0. The van der Waals surface area contributed by atoms with E-state index in [0.29, 0.717) is 0 Å². The quantitative estimate of drug-likeness (QED) is 0.791. The number of aliphatic hydroxyl groups excluding tert-OH is 1. The van der Waals surface area contributed by atoms with Crippen LogP contribution in [0.1, 0.15) is 20.8 Å². The highest BCUT2D eigenvalue weighted by Gasteiger charge is 2.25. The fraction of sp³-hybridized carbons (Fsp3) is 1.00. The van der Waals surface area contributed by atoms with E-state index in [4.69, 9.17) is 9.47 Å². The van der Waals surface area contributed by atoms with Crippen LogP contribution in [-0.2, 0) is 9.47 Å². The molecule has 0 radical (unpaired) electrons. The van der Waals surface area contributed by atoms with Crippen molar-refractivity contribution in [1.29, 1.82) is 0 Å². The van der Waals surface area contributed by atoms with Crippen LogP contribution in [0.5, 0.6) is 0 Å². The van der Waals surface area contributed by atoms with Crippen molar-refractivity contribution in [3.05, 3.63) is 0 Å². The predicted octanol–water partition coefficient (Wildman–Crippen LogP) is 0.177. The van der Waals surface area contributed by atoms with Crippen LogP contribution in [0.2, 0.25) is 0 Å². The molecule has 2 saturated heterocycles. The Labute approximate surface area is 116 Å². The average molecular weight is 272 g/mol. The lowest BCUT2D eigenvalue weighted by molar-refractivity contribution is -0.0814. The first-order chi connectivity index (χ1) is 9.02. The fourth-order valence-electron chi connectivity index (χ4n) is 3.14. The fourth-order valence-corrected chi connectivity index (χ4v) is 3.14. The van der Waals surface area contributed by atoms with Crippen LogP contribution in [0.25, 0.3) is 0 Å². The zero-order chi connectivity index (χ0) is 13.8. The summed E-state index contributed by atoms with van der Waals surface area (Å²) in [6.07, 6.45) is 0.519. The van der Waals surface area contributed by atoms with Crippen molar-refractivity contribution in [3.63, 3.8) is 0 Å². The van der Waals surface area contributed by atoms with Crippen LogP contribution < -0.4 is 0 Å². The van der Waals surface area contributed by atoms with Crippen LogP contribution >= 0.6 is 0 Å². The highest BCUT2D eigenvalue weighted by atomic mass is 16.5. The normalized spacial score (nSPS) is 36.3. The van der Waals surface area contributed by atoms with Crippen molar-refractivity contribution in [3.8, 4) is 0 Å². The summed E-state index contributed by atoms with van der Waals surface area (Å²) in [6.45, 7) is 12.2. The number of aliphatic hydroxyl groups is 1. The van der Waals surface area contributed by atoms with Gasteiger partial charge in [-0.15, -0.1) is 0 Å². The van der Waals surface area contributed by atoms with E-state index < -0.39 is 0 Å². The van der Waals surface area contributed by atoms with Gasteiger partial charge in [0.15, 0.2) is 0 Å². The first kappa shape index (κ1) is 15.2. The van der Waals surface area contributed by atoms with Crippen molar-refractivity contribution in [2.75, 3.05) is 45.9 Å². The molecule has 0 bridgehead atoms. The first-order valence-corrected chi connectivity index (χ1v) is 7.42. The average Bonchev–Trinajstić information content (AvgIpc) is 2.26. The van der Waals surface area contributed by atoms with Gasteiger partial charge in [-0.1, -0.05) is 0 Å². The molecule has 5 nitrogen and oxygen atoms in total. The van der Waals surface area contributed by atoms with Gasteiger partial charge < -0.3 is 14.6 Å². The number of hydrogen-bond donors (Lipinski definition) is 1. The number of nitrogens with zero attached hydrogens (tertiary/aromatic N) is 2. The van der Waals surface area contributed by atoms with Crippen molar-refractivity contribution in [2.24, 2.45) is 0 Å². The van der Waals surface area contributed by atoms with Gasteiger partial charge in [-0.3, -0.25) is 9.80 Å². The van der Waals surface area contributed by atoms with Gasteiger partial charge in [-0.25, -0.2) is 0 Å². The third-order valence-corrected chi connectivity index (χ3v) is 3.76. The lowest BCUT2D eigenvalue weighted by Crippen LogP contribution is -2.51. The van der Waals surface area contributed by atoms with E-state index in [0.717, 1.165) is 45.9 Å². The minimum atomic E-state index is -0.289. The third kappa shape index (κ3) is 5.00. The van der Waals surface area contributed by atoms with Crippen LogP contribution in [0.3, 0.4) is 0 Å². The molecule has 2 aliphatic heterocycles. The maximum absolute atomic E-state index is 10.2. The van der Waals surface area contributed by atoms with Crippen LogP contribution in [0.4, 0.5) is 0 Å². The van der Waals surface area contributed by atoms with Crippen molar-refractivity contribution < 1.29 is 14.6 Å². The second kappa shape index (κ2) is 6.99. The minimum absolute atomic E-state index is 0.263. The van der Waals surface area contributed by atoms with Gasteiger partial charge in [0.05, 0.1) is 31.0 Å². The molecule has 0 saturated carbocycles.